The number of aromatic nitrogens is 1. The lowest BCUT2D eigenvalue weighted by molar-refractivity contribution is 0.594. The molecular weight excluding hydrogens is 282 g/mol. The van der Waals surface area contributed by atoms with Gasteiger partial charge in [-0.3, -0.25) is 4.31 Å². The maximum Gasteiger partial charge on any atom is 0.275 e. The molecule has 1 aliphatic rings. The van der Waals surface area contributed by atoms with E-state index in [1.165, 1.54) is 21.8 Å². The second-order valence-corrected chi connectivity index (χ2v) is 7.70. The molecule has 2 heterocycles. The van der Waals surface area contributed by atoms with E-state index in [4.69, 9.17) is 5.73 Å². The topological polar surface area (TPSA) is 76.3 Å². The third-order valence-corrected chi connectivity index (χ3v) is 6.28. The molecule has 2 aromatic rings. The van der Waals surface area contributed by atoms with Crippen molar-refractivity contribution in [3.8, 4) is 0 Å². The van der Waals surface area contributed by atoms with Gasteiger partial charge in [-0.25, -0.2) is 13.4 Å². The Morgan fingerprint density at radius 2 is 2.21 bits per heavy atom. The Kier molecular flexibility index (Phi) is 2.75. The summed E-state index contributed by atoms with van der Waals surface area (Å²) in [4.78, 5) is 4.01. The molecule has 1 aromatic carbocycles. The van der Waals surface area contributed by atoms with E-state index < -0.39 is 10.0 Å². The third kappa shape index (κ3) is 1.89. The van der Waals surface area contributed by atoms with E-state index in [0.29, 0.717) is 24.3 Å². The normalized spacial score (nSPS) is 14.7. The lowest BCUT2D eigenvalue weighted by Crippen LogP contribution is -2.29. The van der Waals surface area contributed by atoms with E-state index in [1.807, 2.05) is 12.1 Å². The minimum atomic E-state index is -3.54. The summed E-state index contributed by atoms with van der Waals surface area (Å²) < 4.78 is 26.9. The van der Waals surface area contributed by atoms with Gasteiger partial charge in [0.05, 0.1) is 22.6 Å². The van der Waals surface area contributed by atoms with Crippen molar-refractivity contribution >= 4 is 32.7 Å². The SMILES string of the molecule is Cc1ncc(S(=O)(=O)N2CCc3cccc(N)c32)s1. The maximum absolute atomic E-state index is 12.6. The number of hydrogen-bond donors (Lipinski definition) is 1. The van der Waals surface area contributed by atoms with Crippen LogP contribution in [0.25, 0.3) is 0 Å². The number of aryl methyl sites for hydroxylation is 1. The Labute approximate surface area is 115 Å². The molecule has 0 spiro atoms. The van der Waals surface area contributed by atoms with E-state index in [0.717, 1.165) is 10.6 Å². The van der Waals surface area contributed by atoms with Gasteiger partial charge in [-0.15, -0.1) is 11.3 Å². The van der Waals surface area contributed by atoms with Crippen LogP contribution in [-0.2, 0) is 16.4 Å². The number of para-hydroxylation sites is 1. The minimum Gasteiger partial charge on any atom is -0.397 e. The van der Waals surface area contributed by atoms with E-state index in [9.17, 15) is 8.42 Å². The summed E-state index contributed by atoms with van der Waals surface area (Å²) in [5.74, 6) is 0. The van der Waals surface area contributed by atoms with Crippen molar-refractivity contribution < 1.29 is 8.42 Å². The molecule has 2 N–H and O–H groups in total. The second kappa shape index (κ2) is 4.21. The molecule has 19 heavy (non-hydrogen) atoms. The van der Waals surface area contributed by atoms with E-state index in [1.54, 1.807) is 13.0 Å². The first kappa shape index (κ1) is 12.4. The summed E-state index contributed by atoms with van der Waals surface area (Å²) in [5.41, 5.74) is 8.02. The highest BCUT2D eigenvalue weighted by molar-refractivity contribution is 7.94. The molecule has 0 atom stereocenters. The van der Waals surface area contributed by atoms with Crippen molar-refractivity contribution in [2.45, 2.75) is 17.6 Å². The lowest BCUT2D eigenvalue weighted by atomic mass is 10.1. The Morgan fingerprint density at radius 1 is 1.42 bits per heavy atom. The Morgan fingerprint density at radius 3 is 2.89 bits per heavy atom. The van der Waals surface area contributed by atoms with Crippen LogP contribution >= 0.6 is 11.3 Å². The first-order valence-electron chi connectivity index (χ1n) is 5.82. The molecule has 5 nitrogen and oxygen atoms in total. The maximum atomic E-state index is 12.6. The van der Waals surface area contributed by atoms with Crippen LogP contribution in [0.3, 0.4) is 0 Å². The van der Waals surface area contributed by atoms with Gasteiger partial charge in [0.2, 0.25) is 0 Å². The molecule has 0 radical (unpaired) electrons. The van der Waals surface area contributed by atoms with E-state index in [-0.39, 0.29) is 4.21 Å². The summed E-state index contributed by atoms with van der Waals surface area (Å²) in [6.07, 6.45) is 2.10. The molecule has 1 aromatic heterocycles. The average molecular weight is 295 g/mol. The molecule has 7 heteroatoms. The number of nitrogen functional groups attached to an aromatic ring is 1. The summed E-state index contributed by atoms with van der Waals surface area (Å²) in [5, 5.41) is 0.735. The molecule has 3 rings (SSSR count). The van der Waals surface area contributed by atoms with E-state index >= 15 is 0 Å². The standard InChI is InChI=1S/C12H13N3O2S2/c1-8-14-7-11(18-8)19(16,17)15-6-5-9-3-2-4-10(13)12(9)15/h2-4,7H,5-6,13H2,1H3. The summed E-state index contributed by atoms with van der Waals surface area (Å²) in [7, 11) is -3.54. The predicted octanol–water partition coefficient (Wildman–Crippen LogP) is 1.79. The molecule has 0 saturated carbocycles. The zero-order valence-electron chi connectivity index (χ0n) is 10.3. The van der Waals surface area contributed by atoms with Gasteiger partial charge in [-0.05, 0) is 25.0 Å². The quantitative estimate of drug-likeness (QED) is 0.857. The molecule has 0 fully saturated rings. The molecule has 0 saturated heterocycles. The fraction of sp³-hybridized carbons (Fsp3) is 0.250. The number of hydrogen-bond acceptors (Lipinski definition) is 5. The van der Waals surface area contributed by atoms with Crippen LogP contribution in [0.2, 0.25) is 0 Å². The highest BCUT2D eigenvalue weighted by atomic mass is 32.2. The van der Waals surface area contributed by atoms with Crippen LogP contribution in [0.4, 0.5) is 11.4 Å². The summed E-state index contributed by atoms with van der Waals surface area (Å²) >= 11 is 1.18. The van der Waals surface area contributed by atoms with Crippen LogP contribution in [0.1, 0.15) is 10.6 Å². The van der Waals surface area contributed by atoms with Crippen LogP contribution in [0.5, 0.6) is 0 Å². The molecule has 0 unspecified atom stereocenters. The largest absolute Gasteiger partial charge is 0.397 e. The number of nitrogens with zero attached hydrogens (tertiary/aromatic N) is 2. The van der Waals surface area contributed by atoms with Crippen molar-refractivity contribution in [2.75, 3.05) is 16.6 Å². The van der Waals surface area contributed by atoms with Gasteiger partial charge in [-0.1, -0.05) is 12.1 Å². The van der Waals surface area contributed by atoms with Gasteiger partial charge in [-0.2, -0.15) is 0 Å². The zero-order chi connectivity index (χ0) is 13.6. The first-order valence-corrected chi connectivity index (χ1v) is 8.08. The number of sulfonamides is 1. The molecule has 0 bridgehead atoms. The average Bonchev–Trinajstić information content (AvgIpc) is 2.96. The molecule has 0 amide bonds. The Bertz CT molecular complexity index is 737. The minimum absolute atomic E-state index is 0.265. The van der Waals surface area contributed by atoms with Gasteiger partial charge < -0.3 is 5.73 Å². The van der Waals surface area contributed by atoms with Gasteiger partial charge in [0.25, 0.3) is 10.0 Å². The fourth-order valence-electron chi connectivity index (χ4n) is 2.26. The zero-order valence-corrected chi connectivity index (χ0v) is 12.0. The number of fused-ring (bicyclic) bond motifs is 1. The molecular formula is C12H13N3O2S2. The van der Waals surface area contributed by atoms with Crippen LogP contribution in [0, 0.1) is 6.92 Å². The lowest BCUT2D eigenvalue weighted by Gasteiger charge is -2.19. The number of anilines is 2. The predicted molar refractivity (Wildman–Crippen MR) is 75.9 cm³/mol. The monoisotopic (exact) mass is 295 g/mol. The van der Waals surface area contributed by atoms with Crippen molar-refractivity contribution in [1.29, 1.82) is 0 Å². The fourth-order valence-corrected chi connectivity index (χ4v) is 5.01. The van der Waals surface area contributed by atoms with Gasteiger partial charge in [0, 0.05) is 6.54 Å². The highest BCUT2D eigenvalue weighted by Crippen LogP contribution is 2.38. The summed E-state index contributed by atoms with van der Waals surface area (Å²) in [6.45, 7) is 2.22. The number of benzene rings is 1. The number of nitrogens with two attached hydrogens (primary N) is 1. The smallest absolute Gasteiger partial charge is 0.275 e. The third-order valence-electron chi connectivity index (χ3n) is 3.13. The van der Waals surface area contributed by atoms with Gasteiger partial charge in [0.15, 0.2) is 4.21 Å². The second-order valence-electron chi connectivity index (χ2n) is 4.38. The van der Waals surface area contributed by atoms with Crippen molar-refractivity contribution in [3.63, 3.8) is 0 Å². The van der Waals surface area contributed by atoms with Crippen molar-refractivity contribution in [3.05, 3.63) is 35.0 Å². The van der Waals surface area contributed by atoms with Gasteiger partial charge in [0.1, 0.15) is 0 Å². The van der Waals surface area contributed by atoms with Gasteiger partial charge >= 0.3 is 0 Å². The Hall–Kier alpha value is -1.60. The van der Waals surface area contributed by atoms with Crippen molar-refractivity contribution in [2.24, 2.45) is 0 Å². The van der Waals surface area contributed by atoms with Crippen LogP contribution in [-0.4, -0.2) is 19.9 Å². The van der Waals surface area contributed by atoms with E-state index in [2.05, 4.69) is 4.98 Å². The number of rotatable bonds is 2. The summed E-state index contributed by atoms with van der Waals surface area (Å²) in [6, 6.07) is 5.49. The molecule has 100 valence electrons. The molecule has 0 aliphatic carbocycles. The highest BCUT2D eigenvalue weighted by Gasteiger charge is 2.33. The molecule has 1 aliphatic heterocycles. The number of thiazole rings is 1. The van der Waals surface area contributed by atoms with Crippen LogP contribution < -0.4 is 10.0 Å². The Balaban J connectivity index is 2.11. The first-order chi connectivity index (χ1) is 9.00. The van der Waals surface area contributed by atoms with Crippen molar-refractivity contribution in [1.82, 2.24) is 4.98 Å². The van der Waals surface area contributed by atoms with Crippen LogP contribution in [0.15, 0.2) is 28.6 Å².